The van der Waals surface area contributed by atoms with Gasteiger partial charge in [-0.25, -0.2) is 0 Å². The van der Waals surface area contributed by atoms with Gasteiger partial charge in [0.25, 0.3) is 5.91 Å². The maximum Gasteiger partial charge on any atom is 0.251 e. The quantitative estimate of drug-likeness (QED) is 0.427. The molecule has 0 aliphatic heterocycles. The summed E-state index contributed by atoms with van der Waals surface area (Å²) in [6.45, 7) is 7.17. The van der Waals surface area contributed by atoms with Crippen LogP contribution in [0.2, 0.25) is 0 Å². The van der Waals surface area contributed by atoms with Crippen molar-refractivity contribution in [3.8, 4) is 5.75 Å². The zero-order valence-electron chi connectivity index (χ0n) is 19.6. The monoisotopic (exact) mass is 499 g/mol. The van der Waals surface area contributed by atoms with Crippen LogP contribution in [0.15, 0.2) is 29.4 Å². The number of amides is 2. The molecule has 3 aromatic rings. The minimum absolute atomic E-state index is 0.147. The van der Waals surface area contributed by atoms with Gasteiger partial charge in [-0.2, -0.15) is 0 Å². The van der Waals surface area contributed by atoms with Gasteiger partial charge in [0.2, 0.25) is 5.91 Å². The second kappa shape index (κ2) is 10.6. The fraction of sp³-hybridized carbons (Fsp3) is 0.417. The number of fused-ring (bicyclic) bond motifs is 1. The zero-order chi connectivity index (χ0) is 24.2. The van der Waals surface area contributed by atoms with Crippen molar-refractivity contribution in [3.05, 3.63) is 51.7 Å². The summed E-state index contributed by atoms with van der Waals surface area (Å²) >= 11 is 2.77. The third kappa shape index (κ3) is 5.44. The van der Waals surface area contributed by atoms with Crippen LogP contribution < -0.4 is 15.8 Å². The predicted molar refractivity (Wildman–Crippen MR) is 135 cm³/mol. The first-order valence-corrected chi connectivity index (χ1v) is 13.1. The second-order valence-corrected chi connectivity index (χ2v) is 10.5. The molecule has 0 spiro atoms. The Morgan fingerprint density at radius 2 is 2.06 bits per heavy atom. The lowest BCUT2D eigenvalue weighted by Gasteiger charge is -2.18. The number of rotatable bonds is 9. The molecule has 1 aromatic carbocycles. The van der Waals surface area contributed by atoms with Crippen molar-refractivity contribution in [1.82, 2.24) is 14.8 Å². The number of nitrogens with one attached hydrogen (secondary N) is 1. The molecule has 2 aromatic heterocycles. The third-order valence-corrected chi connectivity index (χ3v) is 7.98. The van der Waals surface area contributed by atoms with Crippen LogP contribution in [0.3, 0.4) is 0 Å². The predicted octanol–water partition coefficient (Wildman–Crippen LogP) is 4.20. The average Bonchev–Trinajstić information content (AvgIpc) is 3.36. The highest BCUT2D eigenvalue weighted by molar-refractivity contribution is 7.99. The molecule has 4 rings (SSSR count). The van der Waals surface area contributed by atoms with Crippen LogP contribution in [0.5, 0.6) is 5.75 Å². The number of aryl methyl sites for hydroxylation is 1. The number of aromatic nitrogens is 3. The summed E-state index contributed by atoms with van der Waals surface area (Å²) in [5.41, 5.74) is 8.29. The lowest BCUT2D eigenvalue weighted by atomic mass is 9.88. The Hall–Kier alpha value is -2.85. The highest BCUT2D eigenvalue weighted by atomic mass is 32.2. The van der Waals surface area contributed by atoms with Gasteiger partial charge in [-0.1, -0.05) is 36.4 Å². The molecule has 0 bridgehead atoms. The summed E-state index contributed by atoms with van der Waals surface area (Å²) in [6, 6.07) is 7.83. The van der Waals surface area contributed by atoms with Crippen molar-refractivity contribution in [3.63, 3.8) is 0 Å². The lowest BCUT2D eigenvalue weighted by molar-refractivity contribution is -0.113. The minimum Gasteiger partial charge on any atom is -0.486 e. The molecule has 34 heavy (non-hydrogen) atoms. The molecule has 0 fully saturated rings. The molecule has 3 N–H and O–H groups in total. The summed E-state index contributed by atoms with van der Waals surface area (Å²) in [7, 11) is 0. The van der Waals surface area contributed by atoms with Gasteiger partial charge in [-0.05, 0) is 56.7 Å². The Morgan fingerprint density at radius 3 is 2.76 bits per heavy atom. The van der Waals surface area contributed by atoms with Gasteiger partial charge in [0.1, 0.15) is 17.4 Å². The van der Waals surface area contributed by atoms with Crippen LogP contribution in [0.25, 0.3) is 0 Å². The van der Waals surface area contributed by atoms with E-state index in [1.807, 2.05) is 42.7 Å². The largest absolute Gasteiger partial charge is 0.486 e. The molecule has 8 nitrogen and oxygen atoms in total. The van der Waals surface area contributed by atoms with E-state index in [0.29, 0.717) is 34.0 Å². The van der Waals surface area contributed by atoms with Gasteiger partial charge in [-0.15, -0.1) is 21.5 Å². The van der Waals surface area contributed by atoms with E-state index in [1.54, 1.807) is 0 Å². The molecule has 0 saturated carbocycles. The topological polar surface area (TPSA) is 112 Å². The minimum atomic E-state index is -0.487. The van der Waals surface area contributed by atoms with Crippen LogP contribution in [0.4, 0.5) is 5.00 Å². The van der Waals surface area contributed by atoms with Crippen molar-refractivity contribution in [2.24, 2.45) is 11.7 Å². The van der Waals surface area contributed by atoms with Gasteiger partial charge in [-0.3, -0.25) is 9.59 Å². The molecule has 2 heterocycles. The third-order valence-electron chi connectivity index (χ3n) is 5.84. The molecule has 1 unspecified atom stereocenters. The molecule has 0 radical (unpaired) electrons. The number of thioether (sulfide) groups is 1. The molecule has 10 heteroatoms. The second-order valence-electron chi connectivity index (χ2n) is 8.50. The number of carbonyl (C=O) groups is 2. The van der Waals surface area contributed by atoms with Crippen LogP contribution in [-0.4, -0.2) is 32.3 Å². The van der Waals surface area contributed by atoms with Gasteiger partial charge in [0.15, 0.2) is 11.0 Å². The van der Waals surface area contributed by atoms with E-state index >= 15 is 0 Å². The number of carbonyl (C=O) groups excluding carboxylic acids is 2. The molecule has 180 valence electrons. The summed E-state index contributed by atoms with van der Waals surface area (Å²) < 4.78 is 7.77. The standard InChI is InChI=1S/C24H29N5O3S2/c1-4-29-19(12-32-16-8-5-14(2)6-9-16)27-28-24(29)33-13-20(30)26-23-21(22(25)31)17-10-7-15(3)11-18(17)34-23/h5-6,8-9,15H,4,7,10-13H2,1-3H3,(H2,25,31)(H,26,30). The van der Waals surface area contributed by atoms with E-state index in [9.17, 15) is 9.59 Å². The molecule has 1 aliphatic rings. The van der Waals surface area contributed by atoms with Gasteiger partial charge in [0, 0.05) is 11.4 Å². The molecular weight excluding hydrogens is 470 g/mol. The number of benzene rings is 1. The maximum absolute atomic E-state index is 12.7. The van der Waals surface area contributed by atoms with Gasteiger partial charge >= 0.3 is 0 Å². The van der Waals surface area contributed by atoms with E-state index in [2.05, 4.69) is 22.4 Å². The average molecular weight is 500 g/mol. The van der Waals surface area contributed by atoms with E-state index in [4.69, 9.17) is 10.5 Å². The van der Waals surface area contributed by atoms with Crippen molar-refractivity contribution >= 4 is 39.9 Å². The smallest absolute Gasteiger partial charge is 0.251 e. The molecule has 1 aliphatic carbocycles. The van der Waals surface area contributed by atoms with Gasteiger partial charge in [0.05, 0.1) is 11.3 Å². The van der Waals surface area contributed by atoms with E-state index < -0.39 is 5.91 Å². The SMILES string of the molecule is CCn1c(COc2ccc(C)cc2)nnc1SCC(=O)Nc1sc2c(c1C(N)=O)CCC(C)C2. The number of hydrogen-bond acceptors (Lipinski definition) is 7. The summed E-state index contributed by atoms with van der Waals surface area (Å²) in [6.07, 6.45) is 2.76. The Labute approximate surface area is 207 Å². The summed E-state index contributed by atoms with van der Waals surface area (Å²) in [4.78, 5) is 26.0. The highest BCUT2D eigenvalue weighted by Crippen LogP contribution is 2.39. The number of hydrogen-bond donors (Lipinski definition) is 2. The fourth-order valence-corrected chi connectivity index (χ4v) is 6.28. The van der Waals surface area contributed by atoms with Crippen LogP contribution >= 0.6 is 23.1 Å². The van der Waals surface area contributed by atoms with Crippen LogP contribution in [0, 0.1) is 12.8 Å². The Kier molecular flexibility index (Phi) is 7.57. The van der Waals surface area contributed by atoms with E-state index in [1.165, 1.54) is 28.7 Å². The first kappa shape index (κ1) is 24.3. The first-order chi connectivity index (χ1) is 16.4. The van der Waals surface area contributed by atoms with Crippen molar-refractivity contribution in [1.29, 1.82) is 0 Å². The number of nitrogens with zero attached hydrogens (tertiary/aromatic N) is 3. The first-order valence-electron chi connectivity index (χ1n) is 11.3. The number of nitrogens with two attached hydrogens (primary N) is 1. The Bertz CT molecular complexity index is 1190. The normalized spacial score (nSPS) is 15.1. The molecule has 1 atom stereocenters. The Balaban J connectivity index is 1.39. The number of ether oxygens (including phenoxy) is 1. The zero-order valence-corrected chi connectivity index (χ0v) is 21.2. The van der Waals surface area contributed by atoms with Crippen molar-refractivity contribution in [2.45, 2.75) is 58.3 Å². The van der Waals surface area contributed by atoms with E-state index in [-0.39, 0.29) is 18.3 Å². The molecular formula is C24H29N5O3S2. The fourth-order valence-electron chi connectivity index (χ4n) is 4.02. The van der Waals surface area contributed by atoms with Gasteiger partial charge < -0.3 is 20.4 Å². The van der Waals surface area contributed by atoms with Crippen molar-refractivity contribution < 1.29 is 14.3 Å². The van der Waals surface area contributed by atoms with Crippen LogP contribution in [0.1, 0.15) is 52.5 Å². The summed E-state index contributed by atoms with van der Waals surface area (Å²) in [5.74, 6) is 1.48. The van der Waals surface area contributed by atoms with Crippen LogP contribution in [-0.2, 0) is 30.8 Å². The Morgan fingerprint density at radius 1 is 1.29 bits per heavy atom. The van der Waals surface area contributed by atoms with Crippen molar-refractivity contribution in [2.75, 3.05) is 11.1 Å². The maximum atomic E-state index is 12.7. The highest BCUT2D eigenvalue weighted by Gasteiger charge is 2.27. The number of primary amides is 1. The van der Waals surface area contributed by atoms with E-state index in [0.717, 1.165) is 35.5 Å². The number of thiophene rings is 1. The molecule has 2 amide bonds. The lowest BCUT2D eigenvalue weighted by Crippen LogP contribution is -2.20. The summed E-state index contributed by atoms with van der Waals surface area (Å²) in [5, 5.41) is 12.6. The molecule has 0 saturated heterocycles. The number of anilines is 1.